The molecule has 0 unspecified atom stereocenters. The molecule has 0 aliphatic carbocycles. The van der Waals surface area contributed by atoms with Gasteiger partial charge in [-0.2, -0.15) is 0 Å². The van der Waals surface area contributed by atoms with Crippen LogP contribution in [0.1, 0.15) is 37.5 Å². The number of thiophene rings is 1. The normalized spacial score (nSPS) is 10.6. The molecule has 0 amide bonds. The Morgan fingerprint density at radius 2 is 1.75 bits per heavy atom. The van der Waals surface area contributed by atoms with Crippen LogP contribution in [0.5, 0.6) is 5.75 Å². The van der Waals surface area contributed by atoms with Crippen molar-refractivity contribution in [3.8, 4) is 5.75 Å². The van der Waals surface area contributed by atoms with Crippen molar-refractivity contribution < 1.29 is 9.53 Å². The third-order valence-electron chi connectivity index (χ3n) is 4.28. The summed E-state index contributed by atoms with van der Waals surface area (Å²) >= 11 is 1.64. The van der Waals surface area contributed by atoms with Crippen LogP contribution in [-0.4, -0.2) is 12.9 Å². The summed E-state index contributed by atoms with van der Waals surface area (Å²) < 4.78 is 5.15. The van der Waals surface area contributed by atoms with E-state index in [0.717, 1.165) is 22.6 Å². The predicted molar refractivity (Wildman–Crippen MR) is 99.5 cm³/mol. The Morgan fingerprint density at radius 1 is 1.00 bits per heavy atom. The number of methoxy groups -OCH3 is 1. The first-order chi connectivity index (χ1) is 11.6. The van der Waals surface area contributed by atoms with Crippen LogP contribution in [0.15, 0.2) is 53.9 Å². The summed E-state index contributed by atoms with van der Waals surface area (Å²) in [5.41, 5.74) is 5.30. The lowest BCUT2D eigenvalue weighted by Gasteiger charge is -2.07. The van der Waals surface area contributed by atoms with Crippen molar-refractivity contribution in [1.82, 2.24) is 0 Å². The first-order valence-corrected chi connectivity index (χ1v) is 8.77. The minimum atomic E-state index is 0.0673. The van der Waals surface area contributed by atoms with Gasteiger partial charge in [0.05, 0.1) is 7.11 Å². The summed E-state index contributed by atoms with van der Waals surface area (Å²) in [5.74, 6) is 0.824. The van der Waals surface area contributed by atoms with E-state index in [0.29, 0.717) is 5.56 Å². The summed E-state index contributed by atoms with van der Waals surface area (Å²) in [6, 6.07) is 15.7. The molecule has 0 spiro atoms. The van der Waals surface area contributed by atoms with Gasteiger partial charge in [-0.05, 0) is 66.2 Å². The number of carbonyl (C=O) groups excluding carboxylic acids is 1. The van der Waals surface area contributed by atoms with Crippen molar-refractivity contribution in [2.75, 3.05) is 7.11 Å². The molecule has 0 radical (unpaired) electrons. The van der Waals surface area contributed by atoms with E-state index in [1.54, 1.807) is 18.4 Å². The van der Waals surface area contributed by atoms with Crippen molar-refractivity contribution in [2.45, 2.75) is 20.3 Å². The van der Waals surface area contributed by atoms with Gasteiger partial charge in [-0.1, -0.05) is 18.2 Å². The molecule has 0 saturated carbocycles. The molecule has 0 fully saturated rings. The molecule has 0 aliphatic heterocycles. The second kappa shape index (κ2) is 7.02. The molecule has 3 heteroatoms. The molecule has 0 N–H and O–H groups in total. The summed E-state index contributed by atoms with van der Waals surface area (Å²) in [6.07, 6.45) is 0.788. The Bertz CT molecular complexity index is 860. The van der Waals surface area contributed by atoms with Crippen LogP contribution in [0, 0.1) is 13.8 Å². The van der Waals surface area contributed by atoms with E-state index in [4.69, 9.17) is 4.74 Å². The lowest BCUT2D eigenvalue weighted by Crippen LogP contribution is -2.03. The third-order valence-corrected chi connectivity index (χ3v) is 5.20. The number of hydrogen-bond donors (Lipinski definition) is 0. The SMILES string of the molecule is COc1ccc(C(=O)c2ccsc2Cc2ccc(C)c(C)c2)cc1. The Kier molecular flexibility index (Phi) is 4.81. The molecule has 1 heterocycles. The maximum absolute atomic E-state index is 12.8. The number of hydrogen-bond acceptors (Lipinski definition) is 3. The van der Waals surface area contributed by atoms with Crippen LogP contribution >= 0.6 is 11.3 Å². The van der Waals surface area contributed by atoms with Gasteiger partial charge in [-0.3, -0.25) is 4.79 Å². The number of benzene rings is 2. The second-order valence-corrected chi connectivity index (χ2v) is 6.91. The number of carbonyl (C=O) groups is 1. The maximum atomic E-state index is 12.8. The number of ketones is 1. The molecule has 3 aromatic rings. The first-order valence-electron chi connectivity index (χ1n) is 7.89. The fourth-order valence-corrected chi connectivity index (χ4v) is 3.58. The Morgan fingerprint density at radius 3 is 2.42 bits per heavy atom. The third kappa shape index (κ3) is 3.41. The minimum absolute atomic E-state index is 0.0673. The molecule has 0 aliphatic rings. The van der Waals surface area contributed by atoms with Crippen LogP contribution < -0.4 is 4.74 Å². The van der Waals surface area contributed by atoms with E-state index in [1.165, 1.54) is 16.7 Å². The van der Waals surface area contributed by atoms with Crippen LogP contribution in [-0.2, 0) is 6.42 Å². The van der Waals surface area contributed by atoms with Crippen LogP contribution in [0.25, 0.3) is 0 Å². The topological polar surface area (TPSA) is 26.3 Å². The van der Waals surface area contributed by atoms with Gasteiger partial charge in [-0.25, -0.2) is 0 Å². The van der Waals surface area contributed by atoms with Crippen molar-refractivity contribution in [3.63, 3.8) is 0 Å². The van der Waals surface area contributed by atoms with E-state index < -0.39 is 0 Å². The quantitative estimate of drug-likeness (QED) is 0.599. The molecular weight excluding hydrogens is 316 g/mol. The van der Waals surface area contributed by atoms with Gasteiger partial charge >= 0.3 is 0 Å². The fourth-order valence-electron chi connectivity index (χ4n) is 2.68. The predicted octanol–water partition coefficient (Wildman–Crippen LogP) is 5.20. The van der Waals surface area contributed by atoms with Gasteiger partial charge in [0, 0.05) is 22.4 Å². The summed E-state index contributed by atoms with van der Waals surface area (Å²) in [4.78, 5) is 13.9. The van der Waals surface area contributed by atoms with Gasteiger partial charge < -0.3 is 4.74 Å². The van der Waals surface area contributed by atoms with Gasteiger partial charge in [0.15, 0.2) is 5.78 Å². The molecule has 1 aromatic heterocycles. The molecule has 122 valence electrons. The van der Waals surface area contributed by atoms with E-state index in [9.17, 15) is 4.79 Å². The van der Waals surface area contributed by atoms with E-state index in [-0.39, 0.29) is 5.78 Å². The highest BCUT2D eigenvalue weighted by Gasteiger charge is 2.15. The average Bonchev–Trinajstić information content (AvgIpc) is 3.05. The number of rotatable bonds is 5. The minimum Gasteiger partial charge on any atom is -0.497 e. The molecule has 0 atom stereocenters. The molecule has 0 saturated heterocycles. The summed E-state index contributed by atoms with van der Waals surface area (Å²) in [7, 11) is 1.62. The molecule has 0 bridgehead atoms. The zero-order chi connectivity index (χ0) is 17.1. The highest BCUT2D eigenvalue weighted by Crippen LogP contribution is 2.25. The molecule has 2 nitrogen and oxygen atoms in total. The van der Waals surface area contributed by atoms with Crippen molar-refractivity contribution in [2.24, 2.45) is 0 Å². The molecular formula is C21H20O2S. The fraction of sp³-hybridized carbons (Fsp3) is 0.190. The Labute approximate surface area is 146 Å². The van der Waals surface area contributed by atoms with E-state index in [2.05, 4.69) is 32.0 Å². The lowest BCUT2D eigenvalue weighted by atomic mass is 9.99. The van der Waals surface area contributed by atoms with Crippen molar-refractivity contribution in [3.05, 3.63) is 86.6 Å². The number of ether oxygens (including phenoxy) is 1. The largest absolute Gasteiger partial charge is 0.497 e. The maximum Gasteiger partial charge on any atom is 0.194 e. The highest BCUT2D eigenvalue weighted by atomic mass is 32.1. The Hall–Kier alpha value is -2.39. The van der Waals surface area contributed by atoms with Crippen molar-refractivity contribution >= 4 is 17.1 Å². The standard InChI is InChI=1S/C21H20O2S/c1-14-4-5-16(12-15(14)2)13-20-19(10-11-24-20)21(22)17-6-8-18(23-3)9-7-17/h4-12H,13H2,1-3H3. The van der Waals surface area contributed by atoms with E-state index in [1.807, 2.05) is 35.7 Å². The van der Waals surface area contributed by atoms with Crippen molar-refractivity contribution in [1.29, 1.82) is 0 Å². The van der Waals surface area contributed by atoms with Crippen LogP contribution in [0.4, 0.5) is 0 Å². The van der Waals surface area contributed by atoms with Gasteiger partial charge in [0.25, 0.3) is 0 Å². The second-order valence-electron chi connectivity index (χ2n) is 5.91. The van der Waals surface area contributed by atoms with E-state index >= 15 is 0 Å². The number of aryl methyl sites for hydroxylation is 2. The zero-order valence-electron chi connectivity index (χ0n) is 14.1. The monoisotopic (exact) mass is 336 g/mol. The smallest absolute Gasteiger partial charge is 0.194 e. The molecule has 24 heavy (non-hydrogen) atoms. The zero-order valence-corrected chi connectivity index (χ0v) is 14.9. The van der Waals surface area contributed by atoms with Gasteiger partial charge in [-0.15, -0.1) is 11.3 Å². The molecule has 3 rings (SSSR count). The van der Waals surface area contributed by atoms with Crippen LogP contribution in [0.2, 0.25) is 0 Å². The molecule has 2 aromatic carbocycles. The van der Waals surface area contributed by atoms with Gasteiger partial charge in [0.1, 0.15) is 5.75 Å². The summed E-state index contributed by atoms with van der Waals surface area (Å²) in [6.45, 7) is 4.24. The van der Waals surface area contributed by atoms with Gasteiger partial charge in [0.2, 0.25) is 0 Å². The first kappa shape index (κ1) is 16.5. The van der Waals surface area contributed by atoms with Crippen LogP contribution in [0.3, 0.4) is 0 Å². The Balaban J connectivity index is 1.86. The highest BCUT2D eigenvalue weighted by molar-refractivity contribution is 7.10. The average molecular weight is 336 g/mol. The summed E-state index contributed by atoms with van der Waals surface area (Å²) in [5, 5.41) is 1.99. The lowest BCUT2D eigenvalue weighted by molar-refractivity contribution is 0.103.